The highest BCUT2D eigenvalue weighted by Crippen LogP contribution is 2.40. The Kier molecular flexibility index (Phi) is 9.36. The predicted molar refractivity (Wildman–Crippen MR) is 165 cm³/mol. The molecule has 2 aromatic rings. The van der Waals surface area contributed by atoms with Gasteiger partial charge in [0.25, 0.3) is 5.91 Å². The Morgan fingerprint density at radius 3 is 2.50 bits per heavy atom. The summed E-state index contributed by atoms with van der Waals surface area (Å²) < 4.78 is 12.9. The lowest BCUT2D eigenvalue weighted by Gasteiger charge is -2.31. The van der Waals surface area contributed by atoms with Crippen molar-refractivity contribution in [1.29, 1.82) is 0 Å². The molecule has 5 nitrogen and oxygen atoms in total. The number of nitrogens with zero attached hydrogens (tertiary/aromatic N) is 2. The Labute approximate surface area is 244 Å². The molecule has 0 radical (unpaired) electrons. The van der Waals surface area contributed by atoms with E-state index in [0.717, 1.165) is 56.2 Å². The molecule has 5 rings (SSSR count). The maximum atomic E-state index is 13.8. The van der Waals surface area contributed by atoms with Gasteiger partial charge in [-0.2, -0.15) is 0 Å². The number of ether oxygens (including phenoxy) is 2. The summed E-state index contributed by atoms with van der Waals surface area (Å²) in [5.74, 6) is 1.50. The van der Waals surface area contributed by atoms with Crippen LogP contribution in [-0.4, -0.2) is 35.2 Å². The lowest BCUT2D eigenvalue weighted by atomic mass is 9.94. The molecule has 2 aliphatic carbocycles. The monoisotopic (exact) mass is 644 g/mol. The largest absolute Gasteiger partial charge is 0.493 e. The summed E-state index contributed by atoms with van der Waals surface area (Å²) in [7, 11) is 1.66. The Balaban J connectivity index is 1.40. The number of amides is 1. The molecule has 1 aliphatic heterocycles. The van der Waals surface area contributed by atoms with E-state index in [1.165, 1.54) is 44.1 Å². The van der Waals surface area contributed by atoms with Crippen molar-refractivity contribution in [2.75, 3.05) is 7.11 Å². The summed E-state index contributed by atoms with van der Waals surface area (Å²) in [5, 5.41) is 0.916. The van der Waals surface area contributed by atoms with Gasteiger partial charge in [-0.3, -0.25) is 14.7 Å². The van der Waals surface area contributed by atoms with Gasteiger partial charge in [0, 0.05) is 6.04 Å². The third kappa shape index (κ3) is 6.58. The second kappa shape index (κ2) is 12.9. The lowest BCUT2D eigenvalue weighted by molar-refractivity contribution is -0.124. The van der Waals surface area contributed by atoms with Crippen LogP contribution in [0.2, 0.25) is 0 Å². The van der Waals surface area contributed by atoms with Crippen molar-refractivity contribution in [3.63, 3.8) is 0 Å². The molecule has 202 valence electrons. The Morgan fingerprint density at radius 2 is 1.79 bits per heavy atom. The molecule has 1 amide bonds. The summed E-state index contributed by atoms with van der Waals surface area (Å²) in [6.07, 6.45) is 13.8. The zero-order valence-corrected chi connectivity index (χ0v) is 25.4. The summed E-state index contributed by atoms with van der Waals surface area (Å²) in [6.45, 7) is 2.55. The van der Waals surface area contributed by atoms with Gasteiger partial charge in [-0.25, -0.2) is 0 Å². The topological polar surface area (TPSA) is 51.1 Å². The molecule has 0 aromatic heterocycles. The number of carbonyl (C=O) groups excluding carboxylic acids is 1. The molecule has 1 heterocycles. The van der Waals surface area contributed by atoms with Gasteiger partial charge in [0.1, 0.15) is 6.61 Å². The van der Waals surface area contributed by atoms with Crippen molar-refractivity contribution >= 4 is 51.5 Å². The minimum absolute atomic E-state index is 0.102. The number of carbonyl (C=O) groups is 1. The molecule has 1 saturated heterocycles. The van der Waals surface area contributed by atoms with E-state index in [0.29, 0.717) is 18.4 Å². The fourth-order valence-corrected chi connectivity index (χ4v) is 7.57. The number of aryl methyl sites for hydroxylation is 1. The first-order chi connectivity index (χ1) is 18.5. The van der Waals surface area contributed by atoms with Crippen LogP contribution in [-0.2, 0) is 11.4 Å². The maximum Gasteiger partial charge on any atom is 0.266 e. The Morgan fingerprint density at radius 1 is 1.05 bits per heavy atom. The standard InChI is InChI=1S/C31H37IN2O3S/c1-21-10-9-11-22(16-21)20-37-29-26(32)17-23(18-27(29)36-2)19-28-30(35)34(25-14-7-4-8-15-25)31(38-28)33-24-12-5-3-6-13-24/h9-11,16-19,24-25H,3-8,12-15,20H2,1-2H3. The minimum Gasteiger partial charge on any atom is -0.493 e. The number of hydrogen-bond donors (Lipinski definition) is 0. The third-order valence-corrected chi connectivity index (χ3v) is 9.46. The summed E-state index contributed by atoms with van der Waals surface area (Å²) in [4.78, 5) is 21.7. The average molecular weight is 645 g/mol. The number of benzene rings is 2. The van der Waals surface area contributed by atoms with Gasteiger partial charge in [-0.05, 0) is 96.3 Å². The number of rotatable bonds is 7. The van der Waals surface area contributed by atoms with Crippen molar-refractivity contribution in [3.05, 3.63) is 61.6 Å². The number of methoxy groups -OCH3 is 1. The SMILES string of the molecule is COc1cc(C=C2SC(=NC3CCCCC3)N(C3CCCCC3)C2=O)cc(I)c1OCc1cccc(C)c1. The number of aliphatic imine (C=N–C) groups is 1. The van der Waals surface area contributed by atoms with E-state index in [-0.39, 0.29) is 11.9 Å². The van der Waals surface area contributed by atoms with E-state index in [1.807, 2.05) is 23.1 Å². The van der Waals surface area contributed by atoms with E-state index in [2.05, 4.69) is 53.8 Å². The molecule has 0 atom stereocenters. The number of thioether (sulfide) groups is 1. The zero-order valence-electron chi connectivity index (χ0n) is 22.4. The Bertz CT molecular complexity index is 1220. The molecule has 2 aromatic carbocycles. The molecule has 0 spiro atoms. The highest BCUT2D eigenvalue weighted by molar-refractivity contribution is 14.1. The number of halogens is 1. The van der Waals surface area contributed by atoms with Crippen molar-refractivity contribution in [2.24, 2.45) is 4.99 Å². The van der Waals surface area contributed by atoms with E-state index in [4.69, 9.17) is 14.5 Å². The molecule has 0 bridgehead atoms. The normalized spacial score (nSPS) is 21.4. The molecule has 2 saturated carbocycles. The highest BCUT2D eigenvalue weighted by Gasteiger charge is 2.39. The van der Waals surface area contributed by atoms with Crippen molar-refractivity contribution in [3.8, 4) is 11.5 Å². The van der Waals surface area contributed by atoms with Gasteiger partial charge in [0.2, 0.25) is 0 Å². The van der Waals surface area contributed by atoms with Crippen LogP contribution in [0.5, 0.6) is 11.5 Å². The predicted octanol–water partition coefficient (Wildman–Crippen LogP) is 8.12. The average Bonchev–Trinajstić information content (AvgIpc) is 3.22. The van der Waals surface area contributed by atoms with Crippen LogP contribution in [0.1, 0.15) is 80.9 Å². The summed E-state index contributed by atoms with van der Waals surface area (Å²) in [6, 6.07) is 13.0. The number of hydrogen-bond acceptors (Lipinski definition) is 5. The van der Waals surface area contributed by atoms with Crippen molar-refractivity contribution in [2.45, 2.75) is 89.8 Å². The van der Waals surface area contributed by atoms with Gasteiger partial charge in [0.15, 0.2) is 16.7 Å². The first kappa shape index (κ1) is 27.6. The minimum atomic E-state index is 0.102. The molecule has 0 N–H and O–H groups in total. The van der Waals surface area contributed by atoms with Gasteiger partial charge < -0.3 is 9.47 Å². The highest BCUT2D eigenvalue weighted by atomic mass is 127. The van der Waals surface area contributed by atoms with Crippen LogP contribution >= 0.6 is 34.4 Å². The van der Waals surface area contributed by atoms with Crippen LogP contribution in [0.4, 0.5) is 0 Å². The van der Waals surface area contributed by atoms with Crippen LogP contribution < -0.4 is 9.47 Å². The summed E-state index contributed by atoms with van der Waals surface area (Å²) >= 11 is 3.85. The van der Waals surface area contributed by atoms with Gasteiger partial charge in [-0.1, -0.05) is 68.4 Å². The van der Waals surface area contributed by atoms with Crippen molar-refractivity contribution < 1.29 is 14.3 Å². The van der Waals surface area contributed by atoms with Gasteiger partial charge in [0.05, 0.1) is 21.6 Å². The zero-order chi connectivity index (χ0) is 26.5. The fourth-order valence-electron chi connectivity index (χ4n) is 5.68. The first-order valence-corrected chi connectivity index (χ1v) is 15.8. The molecule has 7 heteroatoms. The van der Waals surface area contributed by atoms with E-state index >= 15 is 0 Å². The van der Waals surface area contributed by atoms with Crippen LogP contribution in [0.25, 0.3) is 6.08 Å². The third-order valence-electron chi connectivity index (χ3n) is 7.66. The molecule has 3 fully saturated rings. The fraction of sp³-hybridized carbons (Fsp3) is 0.484. The quantitative estimate of drug-likeness (QED) is 0.226. The van der Waals surface area contributed by atoms with E-state index in [1.54, 1.807) is 18.9 Å². The van der Waals surface area contributed by atoms with Crippen LogP contribution in [0, 0.1) is 10.5 Å². The van der Waals surface area contributed by atoms with Crippen molar-refractivity contribution in [1.82, 2.24) is 4.90 Å². The van der Waals surface area contributed by atoms with Crippen LogP contribution in [0.3, 0.4) is 0 Å². The molecular formula is C31H37IN2O3S. The van der Waals surface area contributed by atoms with Gasteiger partial charge in [-0.15, -0.1) is 0 Å². The van der Waals surface area contributed by atoms with E-state index in [9.17, 15) is 4.79 Å². The second-order valence-corrected chi connectivity index (χ2v) is 12.8. The number of amidine groups is 1. The lowest BCUT2D eigenvalue weighted by Crippen LogP contribution is -2.41. The first-order valence-electron chi connectivity index (χ1n) is 13.9. The molecular weight excluding hydrogens is 607 g/mol. The molecule has 0 unspecified atom stereocenters. The van der Waals surface area contributed by atoms with Gasteiger partial charge >= 0.3 is 0 Å². The molecule has 38 heavy (non-hydrogen) atoms. The smallest absolute Gasteiger partial charge is 0.266 e. The molecule has 3 aliphatic rings. The Hall–Kier alpha value is -2.00. The van der Waals surface area contributed by atoms with Crippen LogP contribution in [0.15, 0.2) is 46.3 Å². The van der Waals surface area contributed by atoms with E-state index < -0.39 is 0 Å². The second-order valence-electron chi connectivity index (χ2n) is 10.6. The maximum absolute atomic E-state index is 13.8. The summed E-state index contributed by atoms with van der Waals surface area (Å²) in [5.41, 5.74) is 3.27.